The maximum Gasteiger partial charge on any atom is 0.254 e. The molecule has 1 fully saturated rings. The van der Waals surface area contributed by atoms with E-state index >= 15 is 0 Å². The molecule has 0 unspecified atom stereocenters. The zero-order valence-corrected chi connectivity index (χ0v) is 20.0. The first-order valence-electron chi connectivity index (χ1n) is 12.5. The van der Waals surface area contributed by atoms with Crippen LogP contribution in [0.3, 0.4) is 0 Å². The van der Waals surface area contributed by atoms with Gasteiger partial charge in [0.15, 0.2) is 0 Å². The van der Waals surface area contributed by atoms with Crippen molar-refractivity contribution in [2.45, 2.75) is 45.6 Å². The van der Waals surface area contributed by atoms with E-state index in [1.807, 2.05) is 18.2 Å². The number of likely N-dealkylation sites (tertiary alicyclic amines) is 1. The van der Waals surface area contributed by atoms with Crippen molar-refractivity contribution in [3.63, 3.8) is 0 Å². The molecule has 1 amide bonds. The van der Waals surface area contributed by atoms with Crippen LogP contribution in [0.5, 0.6) is 0 Å². The van der Waals surface area contributed by atoms with Gasteiger partial charge in [0, 0.05) is 55.2 Å². The molecule has 0 atom stereocenters. The van der Waals surface area contributed by atoms with Gasteiger partial charge in [-0.05, 0) is 50.1 Å². The van der Waals surface area contributed by atoms with Crippen LogP contribution in [0.2, 0.25) is 0 Å². The molecule has 0 spiro atoms. The number of carbonyl (C=O) groups is 1. The lowest BCUT2D eigenvalue weighted by molar-refractivity contribution is 0.0710. The van der Waals surface area contributed by atoms with Gasteiger partial charge < -0.3 is 9.88 Å². The van der Waals surface area contributed by atoms with Crippen molar-refractivity contribution in [1.29, 1.82) is 0 Å². The molecule has 2 aromatic carbocycles. The number of rotatable bonds is 3. The minimum absolute atomic E-state index is 0.159. The van der Waals surface area contributed by atoms with Gasteiger partial charge in [0.1, 0.15) is 5.82 Å². The highest BCUT2D eigenvalue weighted by atomic mass is 16.2. The molecule has 6 nitrogen and oxygen atoms in total. The Balaban J connectivity index is 1.28. The second kappa shape index (κ2) is 8.51. The van der Waals surface area contributed by atoms with Crippen molar-refractivity contribution in [2.24, 2.45) is 0 Å². The highest BCUT2D eigenvalue weighted by Gasteiger charge is 2.31. The molecule has 2 aliphatic heterocycles. The Morgan fingerprint density at radius 1 is 1.06 bits per heavy atom. The molecule has 1 saturated heterocycles. The molecular formula is C28H31N5O. The minimum atomic E-state index is 0.159. The van der Waals surface area contributed by atoms with E-state index in [1.54, 1.807) is 0 Å². The number of hydrogen-bond donors (Lipinski definition) is 1. The van der Waals surface area contributed by atoms with E-state index in [0.717, 1.165) is 96.6 Å². The number of hydrogen-bond acceptors (Lipinski definition) is 4. The van der Waals surface area contributed by atoms with Crippen LogP contribution in [-0.2, 0) is 13.0 Å². The first-order valence-corrected chi connectivity index (χ1v) is 12.5. The number of imidazole rings is 1. The summed E-state index contributed by atoms with van der Waals surface area (Å²) in [6.45, 7) is 8.59. The fourth-order valence-electron chi connectivity index (χ4n) is 5.61. The number of fused-ring (bicyclic) bond motifs is 3. The molecule has 1 N–H and O–H groups in total. The van der Waals surface area contributed by atoms with Crippen molar-refractivity contribution in [2.75, 3.05) is 26.2 Å². The number of benzene rings is 2. The molecule has 2 aliphatic rings. The summed E-state index contributed by atoms with van der Waals surface area (Å²) in [6, 6.07) is 14.5. The van der Waals surface area contributed by atoms with Gasteiger partial charge in [0.2, 0.25) is 0 Å². The average Bonchev–Trinajstić information content (AvgIpc) is 3.30. The van der Waals surface area contributed by atoms with Crippen molar-refractivity contribution in [3.8, 4) is 0 Å². The molecule has 0 bridgehead atoms. The van der Waals surface area contributed by atoms with Crippen LogP contribution in [0.25, 0.3) is 21.9 Å². The molecule has 2 aromatic heterocycles. The predicted octanol–water partition coefficient (Wildman–Crippen LogP) is 4.82. The number of aryl methyl sites for hydroxylation is 1. The summed E-state index contributed by atoms with van der Waals surface area (Å²) in [6.07, 6.45) is 2.76. The van der Waals surface area contributed by atoms with Gasteiger partial charge in [-0.3, -0.25) is 14.7 Å². The normalized spacial score (nSPS) is 17.4. The van der Waals surface area contributed by atoms with Crippen molar-refractivity contribution in [3.05, 3.63) is 70.7 Å². The number of aromatic nitrogens is 3. The van der Waals surface area contributed by atoms with E-state index in [2.05, 4.69) is 52.9 Å². The molecule has 34 heavy (non-hydrogen) atoms. The van der Waals surface area contributed by atoms with Crippen LogP contribution >= 0.6 is 0 Å². The molecule has 4 aromatic rings. The third-order valence-electron chi connectivity index (χ3n) is 7.61. The number of nitrogens with one attached hydrogen (secondary N) is 1. The molecule has 0 aliphatic carbocycles. The number of pyridine rings is 1. The molecule has 4 heterocycles. The Morgan fingerprint density at radius 3 is 2.71 bits per heavy atom. The number of nitrogens with zero attached hydrogens (tertiary/aromatic N) is 4. The number of H-pyrrole nitrogens is 1. The van der Waals surface area contributed by atoms with Gasteiger partial charge in [-0.15, -0.1) is 0 Å². The van der Waals surface area contributed by atoms with E-state index in [-0.39, 0.29) is 5.91 Å². The topological polar surface area (TPSA) is 65.1 Å². The number of amides is 1. The Labute approximate surface area is 200 Å². The maximum atomic E-state index is 14.0. The molecule has 0 saturated carbocycles. The van der Waals surface area contributed by atoms with Gasteiger partial charge in [0.25, 0.3) is 5.91 Å². The van der Waals surface area contributed by atoms with E-state index in [9.17, 15) is 4.79 Å². The highest BCUT2D eigenvalue weighted by molar-refractivity contribution is 6.07. The van der Waals surface area contributed by atoms with Crippen LogP contribution in [0.4, 0.5) is 0 Å². The number of piperidine rings is 1. The number of aromatic amines is 1. The smallest absolute Gasteiger partial charge is 0.254 e. The van der Waals surface area contributed by atoms with E-state index in [0.29, 0.717) is 5.92 Å². The van der Waals surface area contributed by atoms with Crippen molar-refractivity contribution in [1.82, 2.24) is 24.8 Å². The largest absolute Gasteiger partial charge is 0.342 e. The Kier molecular flexibility index (Phi) is 5.33. The van der Waals surface area contributed by atoms with E-state index < -0.39 is 0 Å². The number of carbonyl (C=O) groups excluding carboxylic acids is 1. The lowest BCUT2D eigenvalue weighted by atomic mass is 9.92. The van der Waals surface area contributed by atoms with Crippen LogP contribution in [0.1, 0.15) is 58.7 Å². The predicted molar refractivity (Wildman–Crippen MR) is 135 cm³/mol. The standard InChI is InChI=1S/C28H31N5O/c1-3-32-13-12-23-21(17-32)26(20-6-4-5-7-22(20)29-23)28(34)33-14-10-19(11-15-33)27-30-24-9-8-18(2)16-25(24)31-27/h4-9,16,19H,3,10-15,17H2,1-2H3,(H,30,31). The lowest BCUT2D eigenvalue weighted by Crippen LogP contribution is -2.40. The molecule has 6 rings (SSSR count). The zero-order valence-electron chi connectivity index (χ0n) is 20.0. The molecular weight excluding hydrogens is 422 g/mol. The fourth-order valence-corrected chi connectivity index (χ4v) is 5.61. The summed E-state index contributed by atoms with van der Waals surface area (Å²) >= 11 is 0. The average molecular weight is 454 g/mol. The minimum Gasteiger partial charge on any atom is -0.342 e. The first-order chi connectivity index (χ1) is 16.6. The lowest BCUT2D eigenvalue weighted by Gasteiger charge is -2.34. The number of para-hydroxylation sites is 1. The zero-order chi connectivity index (χ0) is 23.2. The quantitative estimate of drug-likeness (QED) is 0.483. The number of likely N-dealkylation sites (N-methyl/N-ethyl adjacent to an activating group) is 1. The van der Waals surface area contributed by atoms with Crippen LogP contribution in [0, 0.1) is 6.92 Å². The van der Waals surface area contributed by atoms with Crippen LogP contribution in [-0.4, -0.2) is 56.8 Å². The van der Waals surface area contributed by atoms with E-state index in [1.165, 1.54) is 5.56 Å². The van der Waals surface area contributed by atoms with Gasteiger partial charge in [0.05, 0.1) is 22.1 Å². The van der Waals surface area contributed by atoms with Crippen LogP contribution < -0.4 is 0 Å². The summed E-state index contributed by atoms with van der Waals surface area (Å²) in [5.41, 5.74) is 7.39. The molecule has 6 heteroatoms. The van der Waals surface area contributed by atoms with Gasteiger partial charge in [-0.25, -0.2) is 4.98 Å². The summed E-state index contributed by atoms with van der Waals surface area (Å²) in [5, 5.41) is 0.985. The Hall–Kier alpha value is -3.25. The second-order valence-corrected chi connectivity index (χ2v) is 9.76. The molecule has 0 radical (unpaired) electrons. The monoisotopic (exact) mass is 453 g/mol. The van der Waals surface area contributed by atoms with E-state index in [4.69, 9.17) is 9.97 Å². The Morgan fingerprint density at radius 2 is 1.88 bits per heavy atom. The second-order valence-electron chi connectivity index (χ2n) is 9.76. The van der Waals surface area contributed by atoms with Crippen molar-refractivity contribution < 1.29 is 4.79 Å². The third kappa shape index (κ3) is 3.66. The third-order valence-corrected chi connectivity index (χ3v) is 7.61. The van der Waals surface area contributed by atoms with Gasteiger partial charge >= 0.3 is 0 Å². The summed E-state index contributed by atoms with van der Waals surface area (Å²) in [5.74, 6) is 1.57. The summed E-state index contributed by atoms with van der Waals surface area (Å²) in [4.78, 5) is 31.7. The van der Waals surface area contributed by atoms with Crippen LogP contribution in [0.15, 0.2) is 42.5 Å². The van der Waals surface area contributed by atoms with Gasteiger partial charge in [-0.1, -0.05) is 31.2 Å². The van der Waals surface area contributed by atoms with Gasteiger partial charge in [-0.2, -0.15) is 0 Å². The maximum absolute atomic E-state index is 14.0. The summed E-state index contributed by atoms with van der Waals surface area (Å²) < 4.78 is 0. The fraction of sp³-hybridized carbons (Fsp3) is 0.393. The van der Waals surface area contributed by atoms with Crippen molar-refractivity contribution >= 4 is 27.8 Å². The molecule has 174 valence electrons. The highest BCUT2D eigenvalue weighted by Crippen LogP contribution is 2.32. The Bertz CT molecular complexity index is 1380. The SMILES string of the molecule is CCN1CCc2nc3ccccc3c(C(=O)N3CCC(c4nc5ccc(C)cc5[nH]4)CC3)c2C1. The summed E-state index contributed by atoms with van der Waals surface area (Å²) in [7, 11) is 0. The first kappa shape index (κ1) is 21.3.